The third kappa shape index (κ3) is 9.76. The molecule has 2 rings (SSSR count). The largest absolute Gasteiger partial charge is 0.379 e. The maximum absolute atomic E-state index is 13.0. The Morgan fingerprint density at radius 3 is 2.49 bits per heavy atom. The number of anilines is 1. The van der Waals surface area contributed by atoms with Crippen LogP contribution in [0.4, 0.5) is 11.4 Å². The summed E-state index contributed by atoms with van der Waals surface area (Å²) >= 11 is 3.28. The number of ether oxygens (including phenoxy) is 1. The zero-order chi connectivity index (χ0) is 27.6. The van der Waals surface area contributed by atoms with E-state index in [4.69, 9.17) is 8.92 Å². The van der Waals surface area contributed by atoms with Gasteiger partial charge in [-0.05, 0) is 19.0 Å². The Bertz CT molecular complexity index is 1160. The van der Waals surface area contributed by atoms with Crippen LogP contribution in [0.5, 0.6) is 0 Å². The lowest BCUT2D eigenvalue weighted by atomic mass is 10.1. The van der Waals surface area contributed by atoms with E-state index < -0.39 is 36.5 Å². The van der Waals surface area contributed by atoms with Crippen molar-refractivity contribution >= 4 is 53.2 Å². The quantitative estimate of drug-likeness (QED) is 0.0968. The van der Waals surface area contributed by atoms with E-state index in [1.807, 2.05) is 0 Å². The monoisotopic (exact) mass is 628 g/mol. The van der Waals surface area contributed by atoms with Crippen LogP contribution in [0.15, 0.2) is 17.0 Å². The summed E-state index contributed by atoms with van der Waals surface area (Å²) in [4.78, 5) is 27.4. The fourth-order valence-corrected chi connectivity index (χ4v) is 5.63. The number of nitro benzene ring substituents is 1. The number of nitrogens with zero attached hydrogens (tertiary/aromatic N) is 3. The van der Waals surface area contributed by atoms with Crippen LogP contribution in [0.3, 0.4) is 0 Å². The number of benzene rings is 1. The molecule has 1 amide bonds. The van der Waals surface area contributed by atoms with E-state index in [1.54, 1.807) is 0 Å². The van der Waals surface area contributed by atoms with E-state index in [2.05, 4.69) is 26.1 Å². The molecule has 0 spiro atoms. The van der Waals surface area contributed by atoms with Crippen molar-refractivity contribution in [3.63, 3.8) is 0 Å². The van der Waals surface area contributed by atoms with Gasteiger partial charge in [-0.25, -0.2) is 8.42 Å². The second kappa shape index (κ2) is 14.3. The van der Waals surface area contributed by atoms with Crippen molar-refractivity contribution in [2.24, 2.45) is 0 Å². The second-order valence-corrected chi connectivity index (χ2v) is 12.9. The van der Waals surface area contributed by atoms with Gasteiger partial charge in [0.05, 0.1) is 47.3 Å². The molecule has 1 aliphatic rings. The predicted molar refractivity (Wildman–Crippen MR) is 142 cm³/mol. The lowest BCUT2D eigenvalue weighted by Gasteiger charge is -2.27. The molecule has 1 aromatic carbocycles. The number of hydrogen-bond acceptors (Lipinski definition) is 11. The first-order valence-corrected chi connectivity index (χ1v) is 16.3. The first-order valence-electron chi connectivity index (χ1n) is 11.7. The topological polar surface area (TPSA) is 165 Å². The van der Waals surface area contributed by atoms with Gasteiger partial charge < -0.3 is 15.0 Å². The Morgan fingerprint density at radius 1 is 1.24 bits per heavy atom. The zero-order valence-electron chi connectivity index (χ0n) is 20.9. The maximum atomic E-state index is 13.0. The third-order valence-electron chi connectivity index (χ3n) is 5.63. The summed E-state index contributed by atoms with van der Waals surface area (Å²) < 4.78 is 58.6. The summed E-state index contributed by atoms with van der Waals surface area (Å²) in [5.74, 6) is -1.03. The van der Waals surface area contributed by atoms with Crippen LogP contribution in [0.1, 0.15) is 23.7 Å². The Balaban J connectivity index is 2.37. The smallest absolute Gasteiger partial charge is 0.283 e. The number of sulfone groups is 1. The number of nitro groups is 1. The predicted octanol–water partition coefficient (Wildman–Crippen LogP) is 1.02. The van der Waals surface area contributed by atoms with Crippen LogP contribution >= 0.6 is 15.9 Å². The lowest BCUT2D eigenvalue weighted by Crippen LogP contribution is -2.38. The Kier molecular flexibility index (Phi) is 12.2. The Labute approximate surface area is 225 Å². The fraction of sp³-hybridized carbons (Fsp3) is 0.667. The second-order valence-electron chi connectivity index (χ2n) is 8.26. The van der Waals surface area contributed by atoms with Crippen LogP contribution < -0.4 is 10.2 Å². The molecule has 0 unspecified atom stereocenters. The van der Waals surface area contributed by atoms with Gasteiger partial charge in [0.25, 0.3) is 21.7 Å². The van der Waals surface area contributed by atoms with Gasteiger partial charge in [-0.3, -0.25) is 24.0 Å². The molecule has 0 saturated carbocycles. The summed E-state index contributed by atoms with van der Waals surface area (Å²) in [6, 6.07) is 2.08. The number of hydrogen-bond donors (Lipinski definition) is 1. The van der Waals surface area contributed by atoms with Crippen molar-refractivity contribution in [2.45, 2.75) is 18.2 Å². The van der Waals surface area contributed by atoms with E-state index in [0.717, 1.165) is 32.0 Å². The Hall–Kier alpha value is -1.85. The van der Waals surface area contributed by atoms with E-state index in [-0.39, 0.29) is 48.1 Å². The number of halogens is 1. The first-order chi connectivity index (χ1) is 17.4. The number of rotatable bonds is 15. The van der Waals surface area contributed by atoms with Crippen LogP contribution in [0.25, 0.3) is 0 Å². The minimum Gasteiger partial charge on any atom is -0.379 e. The first kappa shape index (κ1) is 31.4. The SMILES string of the molecule is CCS(=O)(=O)c1cc([N+](=O)[O-])c(C(=O)NCCCN2CCOCC2)cc1N(CCBr)CCOS(C)(=O)=O. The van der Waals surface area contributed by atoms with Gasteiger partial charge in [-0.2, -0.15) is 8.42 Å². The van der Waals surface area contributed by atoms with Crippen molar-refractivity contribution in [1.29, 1.82) is 0 Å². The molecule has 0 bridgehead atoms. The standard InChI is InChI=1S/C21H33BrN4O9S2/c1-3-37(32,33)20-16-18(26(28)29)17(21(27)23-6-4-7-24-9-12-34-13-10-24)15-19(20)25(8-5-22)11-14-35-36(2,30)31/h15-16H,3-14H2,1-2H3,(H,23,27). The molecule has 0 atom stereocenters. The van der Waals surface area contributed by atoms with Gasteiger partial charge in [0.1, 0.15) is 5.56 Å². The minimum absolute atomic E-state index is 0.0384. The number of nitrogens with one attached hydrogen (secondary N) is 1. The van der Waals surface area contributed by atoms with Crippen molar-refractivity contribution in [1.82, 2.24) is 10.2 Å². The van der Waals surface area contributed by atoms with Crippen LogP contribution in [-0.2, 0) is 28.9 Å². The molecule has 1 aliphatic heterocycles. The molecule has 0 radical (unpaired) electrons. The molecule has 0 aliphatic carbocycles. The molecule has 16 heteroatoms. The van der Waals surface area contributed by atoms with Crippen molar-refractivity contribution in [3.05, 3.63) is 27.8 Å². The summed E-state index contributed by atoms with van der Waals surface area (Å²) in [5, 5.41) is 14.9. The van der Waals surface area contributed by atoms with E-state index >= 15 is 0 Å². The van der Waals surface area contributed by atoms with Crippen LogP contribution in [0.2, 0.25) is 0 Å². The van der Waals surface area contributed by atoms with E-state index in [9.17, 15) is 31.7 Å². The van der Waals surface area contributed by atoms with E-state index in [1.165, 1.54) is 17.9 Å². The van der Waals surface area contributed by atoms with Crippen molar-refractivity contribution in [2.75, 3.05) is 81.3 Å². The molecule has 1 N–H and O–H groups in total. The van der Waals surface area contributed by atoms with Gasteiger partial charge in [-0.1, -0.05) is 22.9 Å². The molecule has 210 valence electrons. The van der Waals surface area contributed by atoms with Crippen LogP contribution in [0, 0.1) is 10.1 Å². The fourth-order valence-electron chi connectivity index (χ4n) is 3.72. The number of carbonyl (C=O) groups is 1. The molecule has 37 heavy (non-hydrogen) atoms. The highest BCUT2D eigenvalue weighted by Crippen LogP contribution is 2.34. The van der Waals surface area contributed by atoms with Gasteiger partial charge >= 0.3 is 0 Å². The maximum Gasteiger partial charge on any atom is 0.283 e. The summed E-state index contributed by atoms with van der Waals surface area (Å²) in [6.45, 7) is 5.18. The molecule has 1 fully saturated rings. The highest BCUT2D eigenvalue weighted by molar-refractivity contribution is 9.09. The summed E-state index contributed by atoms with van der Waals surface area (Å²) in [5.41, 5.74) is -0.861. The van der Waals surface area contributed by atoms with Gasteiger partial charge in [0.2, 0.25) is 0 Å². The highest BCUT2D eigenvalue weighted by atomic mass is 79.9. The molecular weight excluding hydrogens is 596 g/mol. The average molecular weight is 630 g/mol. The summed E-state index contributed by atoms with van der Waals surface area (Å²) in [7, 11) is -7.69. The molecule has 13 nitrogen and oxygen atoms in total. The Morgan fingerprint density at radius 2 is 1.92 bits per heavy atom. The molecule has 1 saturated heterocycles. The van der Waals surface area contributed by atoms with Gasteiger partial charge in [0, 0.05) is 44.1 Å². The third-order valence-corrected chi connectivity index (χ3v) is 8.33. The normalized spacial score (nSPS) is 14.9. The van der Waals surface area contributed by atoms with Crippen molar-refractivity contribution in [3.8, 4) is 0 Å². The highest BCUT2D eigenvalue weighted by Gasteiger charge is 2.30. The minimum atomic E-state index is -3.95. The van der Waals surface area contributed by atoms with Gasteiger partial charge in [0.15, 0.2) is 9.84 Å². The molecule has 1 heterocycles. The number of amides is 1. The molecular formula is C21H33BrN4O9S2. The lowest BCUT2D eigenvalue weighted by molar-refractivity contribution is -0.385. The average Bonchev–Trinajstić information content (AvgIpc) is 2.85. The summed E-state index contributed by atoms with van der Waals surface area (Å²) in [6.07, 6.45) is 1.51. The molecule has 0 aromatic heterocycles. The van der Waals surface area contributed by atoms with Crippen molar-refractivity contribution < 1.29 is 35.5 Å². The van der Waals surface area contributed by atoms with Gasteiger partial charge in [-0.15, -0.1) is 0 Å². The van der Waals surface area contributed by atoms with Crippen LogP contribution in [-0.4, -0.2) is 109 Å². The molecule has 1 aromatic rings. The number of carbonyl (C=O) groups excluding carboxylic acids is 1. The number of alkyl halides is 1. The zero-order valence-corrected chi connectivity index (χ0v) is 24.1. The number of morpholine rings is 1. The van der Waals surface area contributed by atoms with E-state index in [0.29, 0.717) is 25.0 Å².